The van der Waals surface area contributed by atoms with Gasteiger partial charge in [0.15, 0.2) is 5.69 Å². The minimum absolute atomic E-state index is 0.324. The summed E-state index contributed by atoms with van der Waals surface area (Å²) in [6.07, 6.45) is 3.47. The molecule has 22 heavy (non-hydrogen) atoms. The second kappa shape index (κ2) is 6.11. The fourth-order valence-corrected chi connectivity index (χ4v) is 2.36. The topological polar surface area (TPSA) is 58.8 Å². The first kappa shape index (κ1) is 14.5. The summed E-state index contributed by atoms with van der Waals surface area (Å²) >= 11 is 3.37. The second-order valence-corrected chi connectivity index (χ2v) is 5.64. The minimum atomic E-state index is -0.324. The van der Waals surface area contributed by atoms with Gasteiger partial charge in [-0.3, -0.25) is 4.79 Å². The van der Waals surface area contributed by atoms with Gasteiger partial charge in [0.25, 0.3) is 5.91 Å². The zero-order chi connectivity index (χ0) is 15.5. The summed E-state index contributed by atoms with van der Waals surface area (Å²) in [6, 6.07) is 13.3. The lowest BCUT2D eigenvalue weighted by atomic mass is 10.2. The van der Waals surface area contributed by atoms with Crippen molar-refractivity contribution in [1.29, 1.82) is 0 Å². The number of halogens is 1. The molecule has 0 radical (unpaired) electrons. The summed E-state index contributed by atoms with van der Waals surface area (Å²) in [6.45, 7) is 1.85. The van der Waals surface area contributed by atoms with Gasteiger partial charge in [-0.15, -0.1) is 0 Å². The Bertz CT molecular complexity index is 852. The highest BCUT2D eigenvalue weighted by atomic mass is 79.9. The molecule has 1 amide bonds. The highest BCUT2D eigenvalue weighted by molar-refractivity contribution is 9.10. The first-order valence-corrected chi connectivity index (χ1v) is 7.47. The lowest BCUT2D eigenvalue weighted by Gasteiger charge is -1.98. The number of nitrogens with one attached hydrogen (secondary N) is 1. The molecule has 5 nitrogen and oxygen atoms in total. The van der Waals surface area contributed by atoms with Crippen LogP contribution in [-0.2, 0) is 0 Å². The van der Waals surface area contributed by atoms with E-state index in [0.29, 0.717) is 5.69 Å². The van der Waals surface area contributed by atoms with Crippen LogP contribution in [0.15, 0.2) is 58.2 Å². The van der Waals surface area contributed by atoms with Crippen LogP contribution in [0.4, 0.5) is 0 Å². The lowest BCUT2D eigenvalue weighted by molar-refractivity contribution is 0.0950. The van der Waals surface area contributed by atoms with E-state index in [1.54, 1.807) is 6.21 Å². The number of fused-ring (bicyclic) bond motifs is 1. The Labute approximate surface area is 135 Å². The van der Waals surface area contributed by atoms with Gasteiger partial charge in [0.1, 0.15) is 5.65 Å². The Hall–Kier alpha value is -2.47. The van der Waals surface area contributed by atoms with Crippen molar-refractivity contribution in [2.24, 2.45) is 5.10 Å². The maximum absolute atomic E-state index is 12.2. The fourth-order valence-electron chi connectivity index (χ4n) is 2.10. The standard InChI is InChI=1S/C16H13BrN4O/c1-11-15(19-14-4-2-3-9-21(11)14)16(22)20-18-10-12-5-7-13(17)8-6-12/h2-10H,1H3,(H,20,22). The Balaban J connectivity index is 1.76. The van der Waals surface area contributed by atoms with E-state index in [1.165, 1.54) is 0 Å². The van der Waals surface area contributed by atoms with Gasteiger partial charge < -0.3 is 4.40 Å². The summed E-state index contributed by atoms with van der Waals surface area (Å²) in [7, 11) is 0. The van der Waals surface area contributed by atoms with E-state index in [0.717, 1.165) is 21.4 Å². The van der Waals surface area contributed by atoms with Crippen molar-refractivity contribution >= 4 is 33.7 Å². The number of aryl methyl sites for hydroxylation is 1. The average Bonchev–Trinajstić information content (AvgIpc) is 2.87. The van der Waals surface area contributed by atoms with Crippen molar-refractivity contribution in [2.75, 3.05) is 0 Å². The van der Waals surface area contributed by atoms with Gasteiger partial charge in [-0.05, 0) is 36.8 Å². The summed E-state index contributed by atoms with van der Waals surface area (Å²) in [4.78, 5) is 16.5. The van der Waals surface area contributed by atoms with Crippen molar-refractivity contribution in [2.45, 2.75) is 6.92 Å². The van der Waals surface area contributed by atoms with Crippen LogP contribution in [0.25, 0.3) is 5.65 Å². The number of aromatic nitrogens is 2. The minimum Gasteiger partial charge on any atom is -0.304 e. The number of hydrazone groups is 1. The molecule has 0 saturated heterocycles. The van der Waals surface area contributed by atoms with Crippen molar-refractivity contribution < 1.29 is 4.79 Å². The van der Waals surface area contributed by atoms with Crippen molar-refractivity contribution in [3.05, 3.63) is 70.1 Å². The number of imidazole rings is 1. The molecule has 6 heteroatoms. The number of carbonyl (C=O) groups excluding carboxylic acids is 1. The Morgan fingerprint density at radius 2 is 2.05 bits per heavy atom. The van der Waals surface area contributed by atoms with E-state index < -0.39 is 0 Å². The van der Waals surface area contributed by atoms with E-state index >= 15 is 0 Å². The van der Waals surface area contributed by atoms with Crippen molar-refractivity contribution in [3.63, 3.8) is 0 Å². The van der Waals surface area contributed by atoms with Crippen molar-refractivity contribution in [3.8, 4) is 0 Å². The van der Waals surface area contributed by atoms with Crippen LogP contribution >= 0.6 is 15.9 Å². The first-order chi connectivity index (χ1) is 10.6. The molecule has 1 aromatic carbocycles. The number of hydrogen-bond acceptors (Lipinski definition) is 3. The molecule has 3 aromatic rings. The summed E-state index contributed by atoms with van der Waals surface area (Å²) < 4.78 is 2.86. The predicted molar refractivity (Wildman–Crippen MR) is 89.1 cm³/mol. The van der Waals surface area contributed by atoms with E-state index in [1.807, 2.05) is 60.0 Å². The van der Waals surface area contributed by atoms with Crippen LogP contribution in [-0.4, -0.2) is 21.5 Å². The predicted octanol–water partition coefficient (Wildman–Crippen LogP) is 3.17. The number of benzene rings is 1. The first-order valence-electron chi connectivity index (χ1n) is 6.68. The number of rotatable bonds is 3. The summed E-state index contributed by atoms with van der Waals surface area (Å²) in [5.74, 6) is -0.324. The number of pyridine rings is 1. The molecule has 0 aliphatic heterocycles. The Kier molecular flexibility index (Phi) is 4.02. The van der Waals surface area contributed by atoms with Gasteiger partial charge in [0, 0.05) is 10.7 Å². The highest BCUT2D eigenvalue weighted by Gasteiger charge is 2.14. The quantitative estimate of drug-likeness (QED) is 0.578. The average molecular weight is 357 g/mol. The summed E-state index contributed by atoms with van der Waals surface area (Å²) in [5.41, 5.74) is 5.30. The van der Waals surface area contributed by atoms with Crippen LogP contribution in [0.3, 0.4) is 0 Å². The molecule has 2 aromatic heterocycles. The van der Waals surface area contributed by atoms with E-state index in [9.17, 15) is 4.79 Å². The maximum Gasteiger partial charge on any atom is 0.291 e. The van der Waals surface area contributed by atoms with Gasteiger partial charge >= 0.3 is 0 Å². The molecular weight excluding hydrogens is 344 g/mol. The lowest BCUT2D eigenvalue weighted by Crippen LogP contribution is -2.19. The van der Waals surface area contributed by atoms with Gasteiger partial charge in [0.2, 0.25) is 0 Å². The third-order valence-electron chi connectivity index (χ3n) is 3.23. The molecule has 3 rings (SSSR count). The van der Waals surface area contributed by atoms with Gasteiger partial charge in [-0.1, -0.05) is 34.1 Å². The molecule has 0 aliphatic rings. The monoisotopic (exact) mass is 356 g/mol. The number of amides is 1. The van der Waals surface area contributed by atoms with E-state index in [2.05, 4.69) is 31.4 Å². The Morgan fingerprint density at radius 3 is 2.77 bits per heavy atom. The molecule has 0 unspecified atom stereocenters. The molecule has 1 N–H and O–H groups in total. The zero-order valence-corrected chi connectivity index (χ0v) is 13.4. The smallest absolute Gasteiger partial charge is 0.291 e. The summed E-state index contributed by atoms with van der Waals surface area (Å²) in [5, 5.41) is 3.97. The SMILES string of the molecule is Cc1c(C(=O)NN=Cc2ccc(Br)cc2)nc2ccccn12. The molecule has 2 heterocycles. The van der Waals surface area contributed by atoms with Gasteiger partial charge in [-0.25, -0.2) is 10.4 Å². The van der Waals surface area contributed by atoms with Crippen LogP contribution in [0.1, 0.15) is 21.7 Å². The second-order valence-electron chi connectivity index (χ2n) is 4.73. The highest BCUT2D eigenvalue weighted by Crippen LogP contribution is 2.11. The van der Waals surface area contributed by atoms with Crippen LogP contribution in [0.5, 0.6) is 0 Å². The maximum atomic E-state index is 12.2. The molecule has 0 spiro atoms. The molecule has 0 saturated carbocycles. The van der Waals surface area contributed by atoms with Crippen LogP contribution < -0.4 is 5.43 Å². The number of nitrogens with zero attached hydrogens (tertiary/aromatic N) is 3. The van der Waals surface area contributed by atoms with Crippen molar-refractivity contribution in [1.82, 2.24) is 14.8 Å². The third kappa shape index (κ3) is 2.92. The molecule has 0 atom stereocenters. The fraction of sp³-hybridized carbons (Fsp3) is 0.0625. The van der Waals surface area contributed by atoms with Crippen LogP contribution in [0, 0.1) is 6.92 Å². The molecule has 0 fully saturated rings. The van der Waals surface area contributed by atoms with Gasteiger partial charge in [-0.2, -0.15) is 5.10 Å². The Morgan fingerprint density at radius 1 is 1.27 bits per heavy atom. The number of hydrogen-bond donors (Lipinski definition) is 1. The normalized spacial score (nSPS) is 11.2. The zero-order valence-electron chi connectivity index (χ0n) is 11.8. The molecule has 0 bridgehead atoms. The largest absolute Gasteiger partial charge is 0.304 e. The van der Waals surface area contributed by atoms with Gasteiger partial charge in [0.05, 0.1) is 11.9 Å². The molecular formula is C16H13BrN4O. The van der Waals surface area contributed by atoms with E-state index in [4.69, 9.17) is 0 Å². The van der Waals surface area contributed by atoms with Crippen LogP contribution in [0.2, 0.25) is 0 Å². The molecule has 110 valence electrons. The van der Waals surface area contributed by atoms with E-state index in [-0.39, 0.29) is 5.91 Å². The third-order valence-corrected chi connectivity index (χ3v) is 3.76. The molecule has 0 aliphatic carbocycles. The number of carbonyl (C=O) groups is 1.